The first kappa shape index (κ1) is 18.2. The van der Waals surface area contributed by atoms with E-state index >= 15 is 0 Å². The summed E-state index contributed by atoms with van der Waals surface area (Å²) >= 11 is 0. The van der Waals surface area contributed by atoms with Gasteiger partial charge >= 0.3 is 6.09 Å². The van der Waals surface area contributed by atoms with Gasteiger partial charge in [-0.1, -0.05) is 12.1 Å². The number of para-hydroxylation sites is 2. The minimum Gasteiger partial charge on any atom is -0.444 e. The van der Waals surface area contributed by atoms with Gasteiger partial charge < -0.3 is 20.3 Å². The zero-order valence-electron chi connectivity index (χ0n) is 15.9. The fourth-order valence-corrected chi connectivity index (χ4v) is 3.19. The number of hydrogen-bond acceptors (Lipinski definition) is 6. The average molecular weight is 357 g/mol. The first-order valence-corrected chi connectivity index (χ1v) is 8.97. The highest BCUT2D eigenvalue weighted by Gasteiger charge is 2.29. The second-order valence-corrected chi connectivity index (χ2v) is 7.73. The monoisotopic (exact) mass is 357 g/mol. The summed E-state index contributed by atoms with van der Waals surface area (Å²) in [6, 6.07) is 7.86. The van der Waals surface area contributed by atoms with Crippen molar-refractivity contribution in [1.29, 1.82) is 0 Å². The van der Waals surface area contributed by atoms with E-state index in [9.17, 15) is 4.79 Å². The van der Waals surface area contributed by atoms with Crippen molar-refractivity contribution in [3.8, 4) is 0 Å². The van der Waals surface area contributed by atoms with Crippen molar-refractivity contribution in [3.63, 3.8) is 0 Å². The van der Waals surface area contributed by atoms with Crippen LogP contribution in [0.2, 0.25) is 0 Å². The minimum atomic E-state index is -0.485. The standard InChI is InChI=1S/C19H27N5O2/c1-19(2,3)26-18(25)23(4)13-9-11-24(12-10-13)17-16(20)21-14-7-5-6-8-15(14)22-17/h5-8,13H,9-12H2,1-4H3,(H2,20,21). The summed E-state index contributed by atoms with van der Waals surface area (Å²) < 4.78 is 5.46. The number of anilines is 2. The number of benzene rings is 1. The van der Waals surface area contributed by atoms with Gasteiger partial charge in [-0.05, 0) is 45.7 Å². The molecule has 7 nitrogen and oxygen atoms in total. The maximum Gasteiger partial charge on any atom is 0.410 e. The quantitative estimate of drug-likeness (QED) is 0.889. The Hall–Kier alpha value is -2.57. The Morgan fingerprint density at radius 3 is 2.35 bits per heavy atom. The zero-order chi connectivity index (χ0) is 18.9. The number of piperidine rings is 1. The van der Waals surface area contributed by atoms with Crippen molar-refractivity contribution in [2.75, 3.05) is 30.8 Å². The van der Waals surface area contributed by atoms with E-state index in [1.54, 1.807) is 11.9 Å². The average Bonchev–Trinajstić information content (AvgIpc) is 2.59. The summed E-state index contributed by atoms with van der Waals surface area (Å²) in [4.78, 5) is 25.3. The van der Waals surface area contributed by atoms with Gasteiger partial charge in [0, 0.05) is 26.2 Å². The van der Waals surface area contributed by atoms with Crippen LogP contribution in [0.5, 0.6) is 0 Å². The number of carbonyl (C=O) groups is 1. The first-order valence-electron chi connectivity index (χ1n) is 8.97. The molecule has 7 heteroatoms. The summed E-state index contributed by atoms with van der Waals surface area (Å²) in [7, 11) is 1.80. The van der Waals surface area contributed by atoms with E-state index in [2.05, 4.69) is 14.9 Å². The van der Waals surface area contributed by atoms with Gasteiger partial charge in [0.15, 0.2) is 11.6 Å². The van der Waals surface area contributed by atoms with Crippen LogP contribution < -0.4 is 10.6 Å². The molecule has 1 aliphatic rings. The number of aromatic nitrogens is 2. The fourth-order valence-electron chi connectivity index (χ4n) is 3.19. The molecule has 2 N–H and O–H groups in total. The number of nitrogen functional groups attached to an aromatic ring is 1. The molecule has 2 aromatic rings. The molecule has 0 bridgehead atoms. The third-order valence-corrected chi connectivity index (χ3v) is 4.57. The van der Waals surface area contributed by atoms with Gasteiger partial charge in [-0.2, -0.15) is 0 Å². The van der Waals surface area contributed by atoms with Gasteiger partial charge in [0.05, 0.1) is 11.0 Å². The van der Waals surface area contributed by atoms with Crippen LogP contribution in [0.4, 0.5) is 16.4 Å². The molecule has 1 fully saturated rings. The molecule has 0 aliphatic carbocycles. The molecule has 2 heterocycles. The Balaban J connectivity index is 1.67. The van der Waals surface area contributed by atoms with Crippen molar-refractivity contribution in [2.45, 2.75) is 45.3 Å². The molecule has 0 unspecified atom stereocenters. The molecule has 140 valence electrons. The van der Waals surface area contributed by atoms with E-state index in [4.69, 9.17) is 10.5 Å². The predicted octanol–water partition coefficient (Wildman–Crippen LogP) is 3.05. The highest BCUT2D eigenvalue weighted by molar-refractivity contribution is 5.79. The van der Waals surface area contributed by atoms with Crippen molar-refractivity contribution >= 4 is 28.8 Å². The number of nitrogens with zero attached hydrogens (tertiary/aromatic N) is 4. The molecular weight excluding hydrogens is 330 g/mol. The van der Waals surface area contributed by atoms with Gasteiger partial charge in [0.25, 0.3) is 0 Å². The van der Waals surface area contributed by atoms with Crippen molar-refractivity contribution in [1.82, 2.24) is 14.9 Å². The molecule has 26 heavy (non-hydrogen) atoms. The number of amides is 1. The second kappa shape index (κ2) is 6.97. The van der Waals surface area contributed by atoms with Gasteiger partial charge in [-0.3, -0.25) is 0 Å². The van der Waals surface area contributed by atoms with E-state index in [0.29, 0.717) is 5.82 Å². The topological polar surface area (TPSA) is 84.6 Å². The van der Waals surface area contributed by atoms with E-state index in [1.165, 1.54) is 0 Å². The van der Waals surface area contributed by atoms with Crippen LogP contribution in [0, 0.1) is 0 Å². The van der Waals surface area contributed by atoms with Crippen LogP contribution in [-0.4, -0.2) is 52.7 Å². The molecule has 0 radical (unpaired) electrons. The highest BCUT2D eigenvalue weighted by atomic mass is 16.6. The summed E-state index contributed by atoms with van der Waals surface area (Å²) in [6.07, 6.45) is 1.40. The van der Waals surface area contributed by atoms with Crippen molar-refractivity contribution < 1.29 is 9.53 Å². The lowest BCUT2D eigenvalue weighted by molar-refractivity contribution is 0.0201. The number of rotatable bonds is 2. The van der Waals surface area contributed by atoms with Crippen LogP contribution in [0.25, 0.3) is 11.0 Å². The van der Waals surface area contributed by atoms with Crippen LogP contribution in [-0.2, 0) is 4.74 Å². The molecule has 1 aliphatic heterocycles. The van der Waals surface area contributed by atoms with E-state index < -0.39 is 5.60 Å². The molecule has 0 atom stereocenters. The van der Waals surface area contributed by atoms with Crippen LogP contribution >= 0.6 is 0 Å². The predicted molar refractivity (Wildman–Crippen MR) is 103 cm³/mol. The SMILES string of the molecule is CN(C(=O)OC(C)(C)C)C1CCN(c2nc3ccccc3nc2N)CC1. The van der Waals surface area contributed by atoms with E-state index in [1.807, 2.05) is 45.0 Å². The molecule has 1 aromatic carbocycles. The molecular formula is C19H27N5O2. The van der Waals surface area contributed by atoms with Crippen LogP contribution in [0.3, 0.4) is 0 Å². The number of fused-ring (bicyclic) bond motifs is 1. The molecule has 1 aromatic heterocycles. The van der Waals surface area contributed by atoms with Gasteiger partial charge in [-0.15, -0.1) is 0 Å². The molecule has 1 saturated heterocycles. The van der Waals surface area contributed by atoms with Crippen molar-refractivity contribution in [2.24, 2.45) is 0 Å². The Labute approximate surface area is 154 Å². The van der Waals surface area contributed by atoms with Crippen molar-refractivity contribution in [3.05, 3.63) is 24.3 Å². The lowest BCUT2D eigenvalue weighted by Crippen LogP contribution is -2.47. The molecule has 0 saturated carbocycles. The summed E-state index contributed by atoms with van der Waals surface area (Å²) in [5.74, 6) is 1.17. The number of nitrogens with two attached hydrogens (primary N) is 1. The Bertz CT molecular complexity index is 794. The van der Waals surface area contributed by atoms with E-state index in [0.717, 1.165) is 42.8 Å². The Morgan fingerprint density at radius 2 is 1.77 bits per heavy atom. The number of ether oxygens (including phenoxy) is 1. The van der Waals surface area contributed by atoms with Gasteiger partial charge in [0.1, 0.15) is 5.60 Å². The van der Waals surface area contributed by atoms with Crippen LogP contribution in [0.15, 0.2) is 24.3 Å². The normalized spacial score (nSPS) is 15.9. The number of carbonyl (C=O) groups excluding carboxylic acids is 1. The fraction of sp³-hybridized carbons (Fsp3) is 0.526. The van der Waals surface area contributed by atoms with E-state index in [-0.39, 0.29) is 12.1 Å². The summed E-state index contributed by atoms with van der Waals surface area (Å²) in [5.41, 5.74) is 7.28. The number of hydrogen-bond donors (Lipinski definition) is 1. The molecule has 3 rings (SSSR count). The third kappa shape index (κ3) is 3.98. The maximum atomic E-state index is 12.3. The minimum absolute atomic E-state index is 0.149. The molecule has 1 amide bonds. The smallest absolute Gasteiger partial charge is 0.410 e. The lowest BCUT2D eigenvalue weighted by atomic mass is 10.0. The first-order chi connectivity index (χ1) is 12.2. The zero-order valence-corrected chi connectivity index (χ0v) is 15.9. The maximum absolute atomic E-state index is 12.3. The molecule has 0 spiro atoms. The summed E-state index contributed by atoms with van der Waals surface area (Å²) in [5, 5.41) is 0. The Kier molecular flexibility index (Phi) is 4.89. The van der Waals surface area contributed by atoms with Gasteiger partial charge in [-0.25, -0.2) is 14.8 Å². The van der Waals surface area contributed by atoms with Crippen LogP contribution in [0.1, 0.15) is 33.6 Å². The lowest BCUT2D eigenvalue weighted by Gasteiger charge is -2.37. The third-order valence-electron chi connectivity index (χ3n) is 4.57. The summed E-state index contributed by atoms with van der Waals surface area (Å²) in [6.45, 7) is 7.18. The highest BCUT2D eigenvalue weighted by Crippen LogP contribution is 2.27. The van der Waals surface area contributed by atoms with Gasteiger partial charge in [0.2, 0.25) is 0 Å². The largest absolute Gasteiger partial charge is 0.444 e. The second-order valence-electron chi connectivity index (χ2n) is 7.73. The Morgan fingerprint density at radius 1 is 1.19 bits per heavy atom.